The maximum Gasteiger partial charge on any atom is 0.325 e. The lowest BCUT2D eigenvalue weighted by molar-refractivity contribution is -0.130. The number of hydrogen-bond acceptors (Lipinski definition) is 5. The van der Waals surface area contributed by atoms with Gasteiger partial charge < -0.3 is 5.32 Å². The number of imide groups is 1. The Bertz CT molecular complexity index is 758. The molecule has 6 nitrogen and oxygen atoms in total. The fourth-order valence-electron chi connectivity index (χ4n) is 2.88. The van der Waals surface area contributed by atoms with Gasteiger partial charge in [-0.15, -0.1) is 0 Å². The van der Waals surface area contributed by atoms with Crippen LogP contribution in [0.15, 0.2) is 29.2 Å². The molecule has 0 saturated carbocycles. The van der Waals surface area contributed by atoms with Crippen LogP contribution in [0.5, 0.6) is 0 Å². The maximum absolute atomic E-state index is 12.9. The summed E-state index contributed by atoms with van der Waals surface area (Å²) >= 11 is 1.62. The molecule has 3 amide bonds. The summed E-state index contributed by atoms with van der Waals surface area (Å²) in [6.45, 7) is 0.0531. The van der Waals surface area contributed by atoms with Crippen molar-refractivity contribution >= 4 is 33.5 Å². The average molecular weight is 372 g/mol. The molecule has 2 aliphatic rings. The van der Waals surface area contributed by atoms with Crippen LogP contribution in [-0.4, -0.2) is 54.6 Å². The lowest BCUT2D eigenvalue weighted by atomic mass is 9.99. The highest BCUT2D eigenvalue weighted by Crippen LogP contribution is 2.33. The second-order valence-corrected chi connectivity index (χ2v) is 9.11. The Labute approximate surface area is 143 Å². The molecule has 2 heterocycles. The zero-order valence-corrected chi connectivity index (χ0v) is 14.5. The molecule has 0 bridgehead atoms. The Hall–Kier alpha value is -1.61. The Balaban J connectivity index is 1.61. The third kappa shape index (κ3) is 3.14. The lowest BCUT2D eigenvalue weighted by Gasteiger charge is -2.19. The number of thioether (sulfide) groups is 1. The van der Waals surface area contributed by atoms with E-state index >= 15 is 0 Å². The largest absolute Gasteiger partial charge is 0.325 e. The van der Waals surface area contributed by atoms with Gasteiger partial charge in [-0.3, -0.25) is 9.69 Å². The van der Waals surface area contributed by atoms with E-state index in [2.05, 4.69) is 5.32 Å². The van der Waals surface area contributed by atoms with Crippen molar-refractivity contribution in [2.24, 2.45) is 0 Å². The first kappa shape index (κ1) is 17.2. The van der Waals surface area contributed by atoms with Gasteiger partial charge in [-0.2, -0.15) is 11.8 Å². The molecule has 2 fully saturated rings. The summed E-state index contributed by atoms with van der Waals surface area (Å²) in [5, 5.41) is 2.74. The van der Waals surface area contributed by atoms with Crippen LogP contribution in [0.25, 0.3) is 0 Å². The van der Waals surface area contributed by atoms with Crippen LogP contribution in [0.3, 0.4) is 0 Å². The average Bonchev–Trinajstić information content (AvgIpc) is 3.08. The molecule has 1 spiro atoms. The van der Waals surface area contributed by atoms with Gasteiger partial charge in [-0.1, -0.05) is 0 Å². The number of rotatable bonds is 5. The number of hydrogen-bond donors (Lipinski definition) is 1. The Morgan fingerprint density at radius 3 is 2.58 bits per heavy atom. The summed E-state index contributed by atoms with van der Waals surface area (Å²) in [6.07, 6.45) is 0.745. The van der Waals surface area contributed by atoms with Crippen LogP contribution in [0, 0.1) is 5.82 Å². The normalized spacial score (nSPS) is 24.0. The molecule has 1 unspecified atom stereocenters. The van der Waals surface area contributed by atoms with Crippen LogP contribution in [0.1, 0.15) is 12.8 Å². The number of benzene rings is 1. The first-order valence-corrected chi connectivity index (χ1v) is 10.3. The summed E-state index contributed by atoms with van der Waals surface area (Å²) in [6, 6.07) is 4.14. The quantitative estimate of drug-likeness (QED) is 0.624. The van der Waals surface area contributed by atoms with Gasteiger partial charge in [0.05, 0.1) is 10.6 Å². The van der Waals surface area contributed by atoms with Crippen LogP contribution in [0.2, 0.25) is 0 Å². The zero-order valence-electron chi connectivity index (χ0n) is 12.8. The highest BCUT2D eigenvalue weighted by Gasteiger charge is 2.52. The van der Waals surface area contributed by atoms with Gasteiger partial charge in [0, 0.05) is 12.3 Å². The van der Waals surface area contributed by atoms with Crippen LogP contribution in [-0.2, 0) is 14.6 Å². The predicted octanol–water partition coefficient (Wildman–Crippen LogP) is 1.42. The standard InChI is InChI=1S/C15H17FN2O4S2/c16-11-2-4-12(5-3-11)24(21,22)9-1-7-18-13(19)15(17-14(18)20)6-8-23-10-15/h2-5H,1,6-10H2,(H,17,20). The third-order valence-corrected chi connectivity index (χ3v) is 7.24. The first-order chi connectivity index (χ1) is 11.3. The van der Waals surface area contributed by atoms with E-state index in [1.165, 1.54) is 12.1 Å². The summed E-state index contributed by atoms with van der Waals surface area (Å²) in [7, 11) is -3.57. The van der Waals surface area contributed by atoms with Gasteiger partial charge >= 0.3 is 6.03 Å². The van der Waals surface area contributed by atoms with Gasteiger partial charge in [0.2, 0.25) is 0 Å². The van der Waals surface area contributed by atoms with Crippen molar-refractivity contribution in [3.05, 3.63) is 30.1 Å². The molecule has 1 aromatic carbocycles. The van der Waals surface area contributed by atoms with E-state index in [0.29, 0.717) is 12.2 Å². The van der Waals surface area contributed by atoms with Gasteiger partial charge in [0.1, 0.15) is 11.4 Å². The smallest absolute Gasteiger partial charge is 0.322 e. The second-order valence-electron chi connectivity index (χ2n) is 5.90. The summed E-state index contributed by atoms with van der Waals surface area (Å²) < 4.78 is 37.3. The molecule has 3 rings (SSSR count). The van der Waals surface area contributed by atoms with Crippen LogP contribution >= 0.6 is 11.8 Å². The number of nitrogens with one attached hydrogen (secondary N) is 1. The number of urea groups is 1. The molecule has 2 saturated heterocycles. The summed E-state index contributed by atoms with van der Waals surface area (Å²) in [5.74, 6) is 0.391. The van der Waals surface area contributed by atoms with Crippen molar-refractivity contribution in [1.82, 2.24) is 10.2 Å². The number of amides is 3. The SMILES string of the molecule is O=C1NC2(CCSC2)C(=O)N1CCCS(=O)(=O)c1ccc(F)cc1. The van der Waals surface area contributed by atoms with E-state index in [-0.39, 0.29) is 29.5 Å². The molecular formula is C15H17FN2O4S2. The minimum atomic E-state index is -3.57. The number of sulfone groups is 1. The number of halogens is 1. The number of carbonyl (C=O) groups excluding carboxylic acids is 2. The van der Waals surface area contributed by atoms with Crippen molar-refractivity contribution in [3.8, 4) is 0 Å². The topological polar surface area (TPSA) is 83.6 Å². The second kappa shape index (κ2) is 6.36. The summed E-state index contributed by atoms with van der Waals surface area (Å²) in [5.41, 5.74) is -0.808. The molecule has 1 N–H and O–H groups in total. The van der Waals surface area contributed by atoms with Crippen molar-refractivity contribution in [2.75, 3.05) is 23.8 Å². The van der Waals surface area contributed by atoms with E-state index in [1.807, 2.05) is 0 Å². The fourth-order valence-corrected chi connectivity index (χ4v) is 5.51. The van der Waals surface area contributed by atoms with Crippen molar-refractivity contribution < 1.29 is 22.4 Å². The monoisotopic (exact) mass is 372 g/mol. The zero-order chi connectivity index (χ0) is 17.4. The van der Waals surface area contributed by atoms with Crippen LogP contribution in [0.4, 0.5) is 9.18 Å². The fraction of sp³-hybridized carbons (Fsp3) is 0.467. The van der Waals surface area contributed by atoms with E-state index in [0.717, 1.165) is 22.8 Å². The minimum absolute atomic E-state index is 0.0322. The highest BCUT2D eigenvalue weighted by atomic mass is 32.2. The Kier molecular flexibility index (Phi) is 4.56. The molecular weight excluding hydrogens is 355 g/mol. The van der Waals surface area contributed by atoms with Gasteiger partial charge in [-0.25, -0.2) is 17.6 Å². The molecule has 1 aromatic rings. The lowest BCUT2D eigenvalue weighted by Crippen LogP contribution is -2.47. The van der Waals surface area contributed by atoms with Crippen molar-refractivity contribution in [1.29, 1.82) is 0 Å². The van der Waals surface area contributed by atoms with Gasteiger partial charge in [0.25, 0.3) is 5.91 Å². The molecule has 24 heavy (non-hydrogen) atoms. The number of carbonyl (C=O) groups is 2. The molecule has 0 aromatic heterocycles. The van der Waals surface area contributed by atoms with Crippen LogP contribution < -0.4 is 5.32 Å². The Morgan fingerprint density at radius 1 is 1.25 bits per heavy atom. The molecule has 1 atom stereocenters. The summed E-state index contributed by atoms with van der Waals surface area (Å²) in [4.78, 5) is 25.6. The molecule has 9 heteroatoms. The van der Waals surface area contributed by atoms with Gasteiger partial charge in [0.15, 0.2) is 9.84 Å². The van der Waals surface area contributed by atoms with E-state index in [1.54, 1.807) is 11.8 Å². The third-order valence-electron chi connectivity index (χ3n) is 4.24. The van der Waals surface area contributed by atoms with E-state index in [4.69, 9.17) is 0 Å². The minimum Gasteiger partial charge on any atom is -0.322 e. The van der Waals surface area contributed by atoms with Crippen molar-refractivity contribution in [3.63, 3.8) is 0 Å². The maximum atomic E-state index is 12.9. The highest BCUT2D eigenvalue weighted by molar-refractivity contribution is 7.99. The van der Waals surface area contributed by atoms with Crippen molar-refractivity contribution in [2.45, 2.75) is 23.3 Å². The van der Waals surface area contributed by atoms with E-state index in [9.17, 15) is 22.4 Å². The Morgan fingerprint density at radius 2 is 1.96 bits per heavy atom. The first-order valence-electron chi connectivity index (χ1n) is 7.54. The van der Waals surface area contributed by atoms with E-state index < -0.39 is 27.2 Å². The molecule has 130 valence electrons. The molecule has 0 radical (unpaired) electrons. The molecule has 0 aliphatic carbocycles. The number of nitrogens with zero attached hydrogens (tertiary/aromatic N) is 1. The van der Waals surface area contributed by atoms with Gasteiger partial charge in [-0.05, 0) is 42.9 Å². The molecule has 2 aliphatic heterocycles. The predicted molar refractivity (Wildman–Crippen MR) is 88.0 cm³/mol.